The lowest BCUT2D eigenvalue weighted by Crippen LogP contribution is -2.49. The van der Waals surface area contributed by atoms with Gasteiger partial charge in [-0.25, -0.2) is 4.79 Å². The number of carbonyl (C=O) groups excluding carboxylic acids is 3. The number of anilines is 1. The first-order valence-corrected chi connectivity index (χ1v) is 9.56. The standard InChI is InChI=1S/C16H21N5O3S/c1-20-15(24)21(13(23)16(20)7-3-2-4-8-16)9-11(22)17-14-19-18-12(25-14)10-5-6-10/h10H,2-9H2,1H3,(H,17,19,22). The lowest BCUT2D eigenvalue weighted by Gasteiger charge is -2.35. The summed E-state index contributed by atoms with van der Waals surface area (Å²) in [5.41, 5.74) is -0.752. The third kappa shape index (κ3) is 2.80. The highest BCUT2D eigenvalue weighted by Crippen LogP contribution is 2.42. The predicted molar refractivity (Wildman–Crippen MR) is 91.2 cm³/mol. The van der Waals surface area contributed by atoms with Crippen LogP contribution in [-0.2, 0) is 9.59 Å². The lowest BCUT2D eigenvalue weighted by atomic mass is 9.81. The molecule has 9 heteroatoms. The molecule has 3 fully saturated rings. The van der Waals surface area contributed by atoms with E-state index in [0.717, 1.165) is 42.0 Å². The van der Waals surface area contributed by atoms with E-state index >= 15 is 0 Å². The molecule has 134 valence electrons. The Morgan fingerprint density at radius 3 is 2.64 bits per heavy atom. The Morgan fingerprint density at radius 1 is 1.24 bits per heavy atom. The Kier molecular flexibility index (Phi) is 3.98. The molecule has 1 spiro atoms. The molecule has 1 aromatic heterocycles. The lowest BCUT2D eigenvalue weighted by molar-refractivity contribution is -0.136. The van der Waals surface area contributed by atoms with Crippen molar-refractivity contribution in [2.24, 2.45) is 0 Å². The number of likely N-dealkylation sites (N-methyl/N-ethyl adjacent to an activating group) is 1. The number of aromatic nitrogens is 2. The second kappa shape index (κ2) is 6.05. The van der Waals surface area contributed by atoms with Crippen LogP contribution in [0.1, 0.15) is 55.9 Å². The summed E-state index contributed by atoms with van der Waals surface area (Å²) >= 11 is 1.36. The second-order valence-electron chi connectivity index (χ2n) is 7.09. The van der Waals surface area contributed by atoms with E-state index in [1.54, 1.807) is 7.05 Å². The van der Waals surface area contributed by atoms with Crippen LogP contribution in [0.2, 0.25) is 0 Å². The monoisotopic (exact) mass is 363 g/mol. The van der Waals surface area contributed by atoms with Gasteiger partial charge in [-0.1, -0.05) is 30.6 Å². The van der Waals surface area contributed by atoms with Crippen LogP contribution in [0.5, 0.6) is 0 Å². The Bertz CT molecular complexity index is 723. The number of nitrogens with zero attached hydrogens (tertiary/aromatic N) is 4. The van der Waals surface area contributed by atoms with Crippen LogP contribution >= 0.6 is 11.3 Å². The smallest absolute Gasteiger partial charge is 0.313 e. The molecule has 0 unspecified atom stereocenters. The van der Waals surface area contributed by atoms with Gasteiger partial charge in [-0.05, 0) is 25.7 Å². The highest BCUT2D eigenvalue weighted by Gasteiger charge is 2.55. The Morgan fingerprint density at radius 2 is 1.96 bits per heavy atom. The van der Waals surface area contributed by atoms with Gasteiger partial charge in [0.15, 0.2) is 0 Å². The number of imide groups is 1. The molecule has 3 aliphatic rings. The number of hydrogen-bond acceptors (Lipinski definition) is 6. The first-order chi connectivity index (χ1) is 12.0. The fraction of sp³-hybridized carbons (Fsp3) is 0.688. The van der Waals surface area contributed by atoms with Crippen molar-refractivity contribution in [3.63, 3.8) is 0 Å². The number of carbonyl (C=O) groups is 3. The van der Waals surface area contributed by atoms with Crippen molar-refractivity contribution in [1.82, 2.24) is 20.0 Å². The van der Waals surface area contributed by atoms with Gasteiger partial charge in [-0.15, -0.1) is 10.2 Å². The average Bonchev–Trinajstić information content (AvgIpc) is 3.35. The van der Waals surface area contributed by atoms with Crippen molar-refractivity contribution < 1.29 is 14.4 Å². The van der Waals surface area contributed by atoms with E-state index in [-0.39, 0.29) is 12.5 Å². The van der Waals surface area contributed by atoms with Crippen LogP contribution in [0.3, 0.4) is 0 Å². The summed E-state index contributed by atoms with van der Waals surface area (Å²) in [7, 11) is 1.66. The van der Waals surface area contributed by atoms with Crippen LogP contribution in [0.15, 0.2) is 0 Å². The first-order valence-electron chi connectivity index (χ1n) is 8.74. The molecule has 25 heavy (non-hydrogen) atoms. The van der Waals surface area contributed by atoms with E-state index in [1.165, 1.54) is 16.2 Å². The van der Waals surface area contributed by atoms with Crippen molar-refractivity contribution in [3.8, 4) is 0 Å². The molecular formula is C16H21N5O3S. The summed E-state index contributed by atoms with van der Waals surface area (Å²) in [5, 5.41) is 12.1. The summed E-state index contributed by atoms with van der Waals surface area (Å²) in [4.78, 5) is 40.2. The molecule has 2 saturated carbocycles. The molecule has 2 aliphatic carbocycles. The normalized spacial score (nSPS) is 22.8. The Hall–Kier alpha value is -2.03. The van der Waals surface area contributed by atoms with Gasteiger partial charge in [0.25, 0.3) is 5.91 Å². The number of nitrogens with one attached hydrogen (secondary N) is 1. The van der Waals surface area contributed by atoms with E-state index in [1.807, 2.05) is 0 Å². The molecule has 0 radical (unpaired) electrons. The quantitative estimate of drug-likeness (QED) is 0.825. The molecule has 0 bridgehead atoms. The molecule has 4 rings (SSSR count). The van der Waals surface area contributed by atoms with Crippen molar-refractivity contribution in [2.75, 3.05) is 18.9 Å². The molecule has 0 aromatic carbocycles. The summed E-state index contributed by atoms with van der Waals surface area (Å²) < 4.78 is 0. The molecular weight excluding hydrogens is 342 g/mol. The summed E-state index contributed by atoms with van der Waals surface area (Å²) in [6, 6.07) is -0.391. The van der Waals surface area contributed by atoms with Gasteiger partial charge in [0, 0.05) is 13.0 Å². The molecule has 4 amide bonds. The number of urea groups is 1. The molecule has 1 aromatic rings. The molecule has 0 atom stereocenters. The van der Waals surface area contributed by atoms with Crippen LogP contribution in [0, 0.1) is 0 Å². The van der Waals surface area contributed by atoms with Gasteiger partial charge >= 0.3 is 6.03 Å². The van der Waals surface area contributed by atoms with Gasteiger partial charge in [0.05, 0.1) is 0 Å². The van der Waals surface area contributed by atoms with Crippen molar-refractivity contribution >= 4 is 34.3 Å². The van der Waals surface area contributed by atoms with Crippen LogP contribution < -0.4 is 5.32 Å². The topological polar surface area (TPSA) is 95.5 Å². The van der Waals surface area contributed by atoms with Gasteiger partial charge in [-0.3, -0.25) is 19.8 Å². The fourth-order valence-corrected chi connectivity index (χ4v) is 4.68. The third-order valence-electron chi connectivity index (χ3n) is 5.40. The third-order valence-corrected chi connectivity index (χ3v) is 6.40. The van der Waals surface area contributed by atoms with Crippen molar-refractivity contribution in [3.05, 3.63) is 5.01 Å². The Balaban J connectivity index is 1.43. The maximum Gasteiger partial charge on any atom is 0.327 e. The molecule has 1 N–H and O–H groups in total. The molecule has 2 heterocycles. The molecule has 1 aliphatic heterocycles. The molecule has 8 nitrogen and oxygen atoms in total. The van der Waals surface area contributed by atoms with E-state index in [4.69, 9.17) is 0 Å². The Labute approximate surface area is 149 Å². The van der Waals surface area contributed by atoms with Gasteiger partial charge < -0.3 is 4.90 Å². The van der Waals surface area contributed by atoms with Gasteiger partial charge in [0.2, 0.25) is 11.0 Å². The van der Waals surface area contributed by atoms with E-state index in [2.05, 4.69) is 15.5 Å². The molecule has 1 saturated heterocycles. The van der Waals surface area contributed by atoms with Gasteiger partial charge in [-0.2, -0.15) is 0 Å². The van der Waals surface area contributed by atoms with E-state index in [9.17, 15) is 14.4 Å². The van der Waals surface area contributed by atoms with E-state index < -0.39 is 17.5 Å². The summed E-state index contributed by atoms with van der Waals surface area (Å²) in [6.45, 7) is -0.276. The number of amides is 4. The zero-order valence-electron chi connectivity index (χ0n) is 14.2. The first kappa shape index (κ1) is 16.4. The maximum absolute atomic E-state index is 12.9. The van der Waals surface area contributed by atoms with Crippen LogP contribution in [0.4, 0.5) is 9.93 Å². The van der Waals surface area contributed by atoms with Crippen molar-refractivity contribution in [2.45, 2.75) is 56.4 Å². The highest BCUT2D eigenvalue weighted by molar-refractivity contribution is 7.15. The number of hydrogen-bond donors (Lipinski definition) is 1. The summed E-state index contributed by atoms with van der Waals surface area (Å²) in [6.07, 6.45) is 6.52. The predicted octanol–water partition coefficient (Wildman–Crippen LogP) is 1.95. The zero-order valence-corrected chi connectivity index (χ0v) is 15.0. The maximum atomic E-state index is 12.9. The average molecular weight is 363 g/mol. The summed E-state index contributed by atoms with van der Waals surface area (Å²) in [5.74, 6) is -0.183. The van der Waals surface area contributed by atoms with E-state index in [0.29, 0.717) is 23.9 Å². The zero-order chi connectivity index (χ0) is 17.6. The minimum atomic E-state index is -0.752. The van der Waals surface area contributed by atoms with Crippen LogP contribution in [-0.4, -0.2) is 57.0 Å². The SMILES string of the molecule is CN1C(=O)N(CC(=O)Nc2nnc(C3CC3)s2)C(=O)C12CCCCC2. The fourth-order valence-electron chi connectivity index (χ4n) is 3.75. The van der Waals surface area contributed by atoms with Gasteiger partial charge in [0.1, 0.15) is 17.1 Å². The minimum Gasteiger partial charge on any atom is -0.313 e. The second-order valence-corrected chi connectivity index (χ2v) is 8.10. The largest absolute Gasteiger partial charge is 0.327 e. The minimum absolute atomic E-state index is 0.245. The number of rotatable bonds is 4. The van der Waals surface area contributed by atoms with Crippen molar-refractivity contribution in [1.29, 1.82) is 0 Å². The highest BCUT2D eigenvalue weighted by atomic mass is 32.1. The van der Waals surface area contributed by atoms with Crippen LogP contribution in [0.25, 0.3) is 0 Å².